The molecule has 170 valence electrons. The van der Waals surface area contributed by atoms with E-state index in [2.05, 4.69) is 10.3 Å². The summed E-state index contributed by atoms with van der Waals surface area (Å²) in [7, 11) is 0. The molecule has 10 heteroatoms. The van der Waals surface area contributed by atoms with Gasteiger partial charge in [-0.1, -0.05) is 30.7 Å². The molecule has 4 rings (SSSR count). The van der Waals surface area contributed by atoms with Crippen LogP contribution in [0.2, 0.25) is 0 Å². The minimum Gasteiger partial charge on any atom is -0.479 e. The number of nitrogens with zero attached hydrogens (tertiary/aromatic N) is 3. The Morgan fingerprint density at radius 2 is 2.12 bits per heavy atom. The molecule has 2 N–H and O–H groups in total. The summed E-state index contributed by atoms with van der Waals surface area (Å²) >= 11 is 2.39. The second-order valence-corrected chi connectivity index (χ2v) is 10.4. The number of thioether (sulfide) groups is 1. The average molecular weight is 475 g/mol. The number of aromatic nitrogens is 1. The maximum atomic E-state index is 13.3. The van der Waals surface area contributed by atoms with Crippen LogP contribution in [0.4, 0.5) is 16.2 Å². The van der Waals surface area contributed by atoms with Crippen molar-refractivity contribution in [3.8, 4) is 0 Å². The Labute approximate surface area is 195 Å². The predicted molar refractivity (Wildman–Crippen MR) is 125 cm³/mol. The van der Waals surface area contributed by atoms with E-state index in [-0.39, 0.29) is 5.91 Å². The van der Waals surface area contributed by atoms with Crippen molar-refractivity contribution in [3.05, 3.63) is 35.5 Å². The van der Waals surface area contributed by atoms with Crippen molar-refractivity contribution in [2.75, 3.05) is 22.9 Å². The molecular formula is C22H26N4O4S2. The molecule has 1 aliphatic carbocycles. The third-order valence-electron chi connectivity index (χ3n) is 5.94. The Morgan fingerprint density at radius 1 is 1.34 bits per heavy atom. The lowest BCUT2D eigenvalue weighted by Gasteiger charge is -2.28. The molecule has 32 heavy (non-hydrogen) atoms. The number of carbonyl (C=O) groups excluding carboxylic acids is 2. The number of amides is 3. The van der Waals surface area contributed by atoms with Crippen LogP contribution in [-0.4, -0.2) is 46.5 Å². The summed E-state index contributed by atoms with van der Waals surface area (Å²) in [5, 5.41) is 11.2. The van der Waals surface area contributed by atoms with Gasteiger partial charge >= 0.3 is 12.0 Å². The first-order valence-corrected chi connectivity index (χ1v) is 12.5. The normalized spacial score (nSPS) is 16.6. The summed E-state index contributed by atoms with van der Waals surface area (Å²) in [4.78, 5) is 44.5. The van der Waals surface area contributed by atoms with Gasteiger partial charge in [-0.05, 0) is 42.9 Å². The zero-order valence-corrected chi connectivity index (χ0v) is 19.5. The van der Waals surface area contributed by atoms with Crippen LogP contribution in [0.3, 0.4) is 0 Å². The van der Waals surface area contributed by atoms with Gasteiger partial charge in [0.1, 0.15) is 0 Å². The molecule has 0 spiro atoms. The van der Waals surface area contributed by atoms with Crippen LogP contribution in [-0.2, 0) is 16.0 Å². The summed E-state index contributed by atoms with van der Waals surface area (Å²) in [6.45, 7) is 2.69. The van der Waals surface area contributed by atoms with E-state index in [1.165, 1.54) is 11.3 Å². The minimum atomic E-state index is -1.13. The van der Waals surface area contributed by atoms with Crippen LogP contribution in [0.5, 0.6) is 0 Å². The van der Waals surface area contributed by atoms with E-state index in [1.807, 2.05) is 18.2 Å². The number of hydrogen-bond acceptors (Lipinski definition) is 6. The summed E-state index contributed by atoms with van der Waals surface area (Å²) in [6.07, 6.45) is 6.75. The number of carboxylic acid groups (broad SMARTS) is 1. The number of aliphatic carboxylic acids is 1. The van der Waals surface area contributed by atoms with Gasteiger partial charge < -0.3 is 15.3 Å². The summed E-state index contributed by atoms with van der Waals surface area (Å²) in [6, 6.07) is 5.28. The number of urea groups is 1. The molecule has 1 unspecified atom stereocenters. The van der Waals surface area contributed by atoms with Crippen LogP contribution >= 0.6 is 23.1 Å². The Kier molecular flexibility index (Phi) is 7.00. The maximum Gasteiger partial charge on any atom is 0.337 e. The van der Waals surface area contributed by atoms with Crippen molar-refractivity contribution in [2.45, 2.75) is 48.6 Å². The number of nitrogens with one attached hydrogen (secondary N) is 1. The minimum absolute atomic E-state index is 0.0282. The highest BCUT2D eigenvalue weighted by Crippen LogP contribution is 2.34. The molecular weight excluding hydrogens is 448 g/mol. The van der Waals surface area contributed by atoms with Crippen LogP contribution in [0.25, 0.3) is 0 Å². The summed E-state index contributed by atoms with van der Waals surface area (Å²) in [5.74, 6) is -0.774. The lowest BCUT2D eigenvalue weighted by Crippen LogP contribution is -2.48. The molecule has 2 heterocycles. The van der Waals surface area contributed by atoms with Gasteiger partial charge in [0.25, 0.3) is 0 Å². The zero-order valence-electron chi connectivity index (χ0n) is 17.8. The van der Waals surface area contributed by atoms with E-state index in [0.29, 0.717) is 24.7 Å². The van der Waals surface area contributed by atoms with Gasteiger partial charge in [-0.25, -0.2) is 9.59 Å². The highest BCUT2D eigenvalue weighted by molar-refractivity contribution is 8.02. The molecule has 0 saturated heterocycles. The first-order chi connectivity index (χ1) is 15.4. The second-order valence-electron chi connectivity index (χ2n) is 8.10. The fourth-order valence-electron chi connectivity index (χ4n) is 4.33. The van der Waals surface area contributed by atoms with E-state index in [4.69, 9.17) is 0 Å². The Balaban J connectivity index is 1.59. The van der Waals surface area contributed by atoms with E-state index in [0.717, 1.165) is 59.3 Å². The van der Waals surface area contributed by atoms with Crippen molar-refractivity contribution < 1.29 is 19.5 Å². The maximum absolute atomic E-state index is 13.3. The number of thiazole rings is 1. The third-order valence-corrected chi connectivity index (χ3v) is 7.97. The van der Waals surface area contributed by atoms with Crippen LogP contribution in [0.15, 0.2) is 34.1 Å². The number of fused-ring (bicyclic) bond motifs is 1. The van der Waals surface area contributed by atoms with Crippen molar-refractivity contribution in [1.82, 2.24) is 10.3 Å². The number of anilines is 2. The molecule has 0 bridgehead atoms. The van der Waals surface area contributed by atoms with Gasteiger partial charge in [0, 0.05) is 31.4 Å². The molecule has 1 aromatic carbocycles. The lowest BCUT2D eigenvalue weighted by atomic mass is 10.1. The first-order valence-electron chi connectivity index (χ1n) is 10.7. The number of carbonyl (C=O) groups is 3. The number of hydrogen-bond donors (Lipinski definition) is 2. The number of carboxylic acids is 1. The monoisotopic (exact) mass is 474 g/mol. The smallest absolute Gasteiger partial charge is 0.337 e. The highest BCUT2D eigenvalue weighted by Gasteiger charge is 2.30. The van der Waals surface area contributed by atoms with Crippen LogP contribution in [0, 0.1) is 5.92 Å². The zero-order chi connectivity index (χ0) is 22.7. The Bertz CT molecular complexity index is 992. The molecule has 1 saturated carbocycles. The van der Waals surface area contributed by atoms with Gasteiger partial charge in [0.2, 0.25) is 5.91 Å². The largest absolute Gasteiger partial charge is 0.479 e. The quantitative estimate of drug-likeness (QED) is 0.465. The standard InChI is InChI=1S/C22H26N4O4S2/c1-14(27)25-9-8-16-6-7-17(10-18(16)25)26(12-15-4-2-3-5-15)22(30)24-20(21(28)29)32-19-11-23-13-31-19/h6-7,10-11,13,15,20H,2-5,8-9,12H2,1H3,(H,24,30)(H,28,29). The van der Waals surface area contributed by atoms with E-state index in [9.17, 15) is 19.5 Å². The molecule has 3 amide bonds. The van der Waals surface area contributed by atoms with Crippen LogP contribution in [0.1, 0.15) is 38.2 Å². The molecule has 1 aliphatic heterocycles. The first kappa shape index (κ1) is 22.6. The number of benzene rings is 1. The molecule has 1 atom stereocenters. The van der Waals surface area contributed by atoms with E-state index < -0.39 is 17.4 Å². The molecule has 2 aliphatic rings. The topological polar surface area (TPSA) is 103 Å². The van der Waals surface area contributed by atoms with Gasteiger partial charge in [-0.2, -0.15) is 0 Å². The fraction of sp³-hybridized carbons (Fsp3) is 0.455. The fourth-order valence-corrected chi connectivity index (χ4v) is 5.93. The second kappa shape index (κ2) is 9.91. The van der Waals surface area contributed by atoms with E-state index >= 15 is 0 Å². The molecule has 1 fully saturated rings. The van der Waals surface area contributed by atoms with Crippen molar-refractivity contribution >= 4 is 52.4 Å². The SMILES string of the molecule is CC(=O)N1CCc2ccc(N(CC3CCCC3)C(=O)NC(Sc3cncs3)C(=O)O)cc21. The van der Waals surface area contributed by atoms with Crippen molar-refractivity contribution in [3.63, 3.8) is 0 Å². The molecule has 1 aromatic heterocycles. The molecule has 0 radical (unpaired) electrons. The summed E-state index contributed by atoms with van der Waals surface area (Å²) < 4.78 is 0.717. The Morgan fingerprint density at radius 3 is 2.78 bits per heavy atom. The Hall–Kier alpha value is -2.59. The van der Waals surface area contributed by atoms with E-state index in [1.54, 1.807) is 28.4 Å². The lowest BCUT2D eigenvalue weighted by molar-refractivity contribution is -0.136. The third kappa shape index (κ3) is 5.07. The van der Waals surface area contributed by atoms with Gasteiger partial charge in [-0.3, -0.25) is 14.7 Å². The van der Waals surface area contributed by atoms with Gasteiger partial charge in [0.05, 0.1) is 15.9 Å². The summed E-state index contributed by atoms with van der Waals surface area (Å²) in [5.41, 5.74) is 4.21. The van der Waals surface area contributed by atoms with Crippen LogP contribution < -0.4 is 15.1 Å². The van der Waals surface area contributed by atoms with Gasteiger partial charge in [0.15, 0.2) is 5.37 Å². The molecule has 2 aromatic rings. The number of rotatable bonds is 7. The molecule has 8 nitrogen and oxygen atoms in total. The highest BCUT2D eigenvalue weighted by atomic mass is 32.2. The van der Waals surface area contributed by atoms with Crippen molar-refractivity contribution in [1.29, 1.82) is 0 Å². The predicted octanol–water partition coefficient (Wildman–Crippen LogP) is 3.96. The van der Waals surface area contributed by atoms with Crippen molar-refractivity contribution in [2.24, 2.45) is 5.92 Å². The average Bonchev–Trinajstić information content (AvgIpc) is 3.52. The van der Waals surface area contributed by atoms with Gasteiger partial charge in [-0.15, -0.1) is 11.3 Å².